The Hall–Kier alpha value is -2.95. The molecule has 0 amide bonds. The van der Waals surface area contributed by atoms with Gasteiger partial charge in [0.2, 0.25) is 0 Å². The smallest absolute Gasteiger partial charge is 0.328 e. The van der Waals surface area contributed by atoms with Crippen molar-refractivity contribution in [1.82, 2.24) is 0 Å². The number of carbonyl (C=O) groups is 3. The summed E-state index contributed by atoms with van der Waals surface area (Å²) in [7, 11) is 0. The van der Waals surface area contributed by atoms with Crippen LogP contribution in [-0.2, 0) is 25.7 Å². The van der Waals surface area contributed by atoms with Crippen LogP contribution in [0.3, 0.4) is 0 Å². The molecular weight excluding hydrogens is 548 g/mol. The predicted octanol–water partition coefficient (Wildman–Crippen LogP) is 9.03. The second-order valence-corrected chi connectivity index (χ2v) is 15.7. The highest BCUT2D eigenvalue weighted by molar-refractivity contribution is 6.04. The lowest BCUT2D eigenvalue weighted by Gasteiger charge is -2.61. The summed E-state index contributed by atoms with van der Waals surface area (Å²) in [4.78, 5) is 39.1. The van der Waals surface area contributed by atoms with Gasteiger partial charge in [-0.3, -0.25) is 9.59 Å². The van der Waals surface area contributed by atoms with Crippen LogP contribution in [0.25, 0.3) is 0 Å². The number of allylic oxidation sites excluding steroid dienone is 5. The number of hydrogen-bond acceptors (Lipinski definition) is 4. The summed E-state index contributed by atoms with van der Waals surface area (Å²) in [5.41, 5.74) is 4.80. The molecule has 1 N–H and O–H groups in total. The van der Waals surface area contributed by atoms with Crippen molar-refractivity contribution in [3.05, 3.63) is 70.3 Å². The molecule has 4 aliphatic rings. The molecule has 2 saturated carbocycles. The van der Waals surface area contributed by atoms with Gasteiger partial charge >= 0.3 is 11.9 Å². The number of fused-ring (bicyclic) bond motifs is 4. The standard InChI is InChI=1S/C39H52O5/c1-25(2)12-11-15-28(35(43)44-24-26-13-9-8-10-14-26)29-18-20-39(7)31-16-17-32-36(3,4)34(42)27(22-33(40)41)23-37(32,5)30(31)19-21-38(29,39)6/h8-10,12-14,22,28-29,32H,11,15-21,23-24H2,1-7H3,(H,40,41)/b27-22+/t28-,29-,32?,37+,38-,39+/m0/s1. The SMILES string of the molecule is CC(C)=CCC[C@H](C(=O)OCc1ccccc1)[C@@H]1CC[C@]2(C)C3=C(CC[C@@]12C)[C@@]1(C)C/C(=C\C(=O)O)C(=O)C(C)(C)C1CC3. The second kappa shape index (κ2) is 11.8. The molecule has 0 heterocycles. The maximum absolute atomic E-state index is 13.9. The summed E-state index contributed by atoms with van der Waals surface area (Å²) < 4.78 is 6.03. The number of aliphatic carboxylic acids is 1. The summed E-state index contributed by atoms with van der Waals surface area (Å²) in [6.07, 6.45) is 11.5. The van der Waals surface area contributed by atoms with Crippen LogP contribution in [0.5, 0.6) is 0 Å². The molecule has 5 rings (SSSR count). The molecular formula is C39H52O5. The molecule has 6 atom stereocenters. The Morgan fingerprint density at radius 2 is 1.70 bits per heavy atom. The maximum atomic E-state index is 13.9. The summed E-state index contributed by atoms with van der Waals surface area (Å²) in [5, 5.41) is 9.60. The van der Waals surface area contributed by atoms with Gasteiger partial charge in [-0.1, -0.05) is 87.7 Å². The minimum absolute atomic E-state index is 0.00700. The van der Waals surface area contributed by atoms with Crippen LogP contribution in [-0.4, -0.2) is 22.8 Å². The number of carbonyl (C=O) groups excluding carboxylic acids is 2. The molecule has 0 bridgehead atoms. The first-order valence-electron chi connectivity index (χ1n) is 16.7. The lowest BCUT2D eigenvalue weighted by atomic mass is 9.43. The highest BCUT2D eigenvalue weighted by Crippen LogP contribution is 2.72. The van der Waals surface area contributed by atoms with E-state index in [0.29, 0.717) is 18.6 Å². The van der Waals surface area contributed by atoms with Gasteiger partial charge in [0.1, 0.15) is 6.61 Å². The molecule has 0 radical (unpaired) electrons. The third-order valence-corrected chi connectivity index (χ3v) is 12.7. The molecule has 1 aromatic carbocycles. The maximum Gasteiger partial charge on any atom is 0.328 e. The van der Waals surface area contributed by atoms with E-state index in [0.717, 1.165) is 56.9 Å². The number of benzene rings is 1. The van der Waals surface area contributed by atoms with E-state index in [2.05, 4.69) is 40.7 Å². The molecule has 1 unspecified atom stereocenters. The lowest BCUT2D eigenvalue weighted by Crippen LogP contribution is -2.54. The van der Waals surface area contributed by atoms with Crippen molar-refractivity contribution in [2.75, 3.05) is 0 Å². The van der Waals surface area contributed by atoms with E-state index in [1.807, 2.05) is 44.2 Å². The molecule has 44 heavy (non-hydrogen) atoms. The molecule has 0 spiro atoms. The Morgan fingerprint density at radius 3 is 2.36 bits per heavy atom. The van der Waals surface area contributed by atoms with E-state index >= 15 is 0 Å². The first-order valence-corrected chi connectivity index (χ1v) is 16.7. The van der Waals surface area contributed by atoms with Gasteiger partial charge in [0.25, 0.3) is 0 Å². The zero-order chi connectivity index (χ0) is 32.1. The normalized spacial score (nSPS) is 34.1. The molecule has 1 aromatic rings. The van der Waals surface area contributed by atoms with Gasteiger partial charge in [-0.25, -0.2) is 4.79 Å². The van der Waals surface area contributed by atoms with Crippen molar-refractivity contribution in [2.24, 2.45) is 39.4 Å². The number of rotatable bonds is 8. The van der Waals surface area contributed by atoms with Crippen LogP contribution in [0.15, 0.2) is 64.8 Å². The highest BCUT2D eigenvalue weighted by Gasteiger charge is 2.64. The summed E-state index contributed by atoms with van der Waals surface area (Å²) in [5.74, 6) is -0.872. The van der Waals surface area contributed by atoms with E-state index in [1.54, 1.807) is 0 Å². The lowest BCUT2D eigenvalue weighted by molar-refractivity contribution is -0.155. The van der Waals surface area contributed by atoms with Crippen molar-refractivity contribution in [3.8, 4) is 0 Å². The average molecular weight is 601 g/mol. The number of ether oxygens (including phenoxy) is 1. The van der Waals surface area contributed by atoms with E-state index < -0.39 is 11.4 Å². The number of Topliss-reactive ketones (excluding diaryl/α,β-unsaturated/α-hetero) is 1. The highest BCUT2D eigenvalue weighted by atomic mass is 16.5. The van der Waals surface area contributed by atoms with E-state index in [1.165, 1.54) is 22.8 Å². The van der Waals surface area contributed by atoms with Gasteiger partial charge in [-0.2, -0.15) is 0 Å². The molecule has 238 valence electrons. The van der Waals surface area contributed by atoms with Crippen LogP contribution < -0.4 is 0 Å². The topological polar surface area (TPSA) is 80.7 Å². The Kier molecular flexibility index (Phi) is 8.67. The van der Waals surface area contributed by atoms with Gasteiger partial charge in [-0.05, 0) is 105 Å². The summed E-state index contributed by atoms with van der Waals surface area (Å²) in [6.45, 7) is 15.8. The monoisotopic (exact) mass is 600 g/mol. The van der Waals surface area contributed by atoms with Gasteiger partial charge in [0, 0.05) is 17.1 Å². The summed E-state index contributed by atoms with van der Waals surface area (Å²) in [6, 6.07) is 9.94. The molecule has 5 nitrogen and oxygen atoms in total. The summed E-state index contributed by atoms with van der Waals surface area (Å²) >= 11 is 0. The molecule has 4 aliphatic carbocycles. The molecule has 5 heteroatoms. The third kappa shape index (κ3) is 5.32. The quantitative estimate of drug-likeness (QED) is 0.183. The number of carboxylic acid groups (broad SMARTS) is 1. The van der Waals surface area contributed by atoms with Crippen molar-refractivity contribution >= 4 is 17.7 Å². The molecule has 0 saturated heterocycles. The molecule has 0 aliphatic heterocycles. The van der Waals surface area contributed by atoms with Crippen LogP contribution in [0.2, 0.25) is 0 Å². The zero-order valence-corrected chi connectivity index (χ0v) is 27.9. The Balaban J connectivity index is 1.49. The van der Waals surface area contributed by atoms with E-state index in [9.17, 15) is 19.5 Å². The number of ketones is 1. The van der Waals surface area contributed by atoms with Gasteiger partial charge in [-0.15, -0.1) is 0 Å². The minimum Gasteiger partial charge on any atom is -0.478 e. The zero-order valence-electron chi connectivity index (χ0n) is 27.9. The fourth-order valence-corrected chi connectivity index (χ4v) is 10.4. The van der Waals surface area contributed by atoms with Gasteiger partial charge in [0.05, 0.1) is 5.92 Å². The Labute approximate surface area is 264 Å². The number of carboxylic acids is 1. The van der Waals surface area contributed by atoms with Crippen molar-refractivity contribution in [2.45, 2.75) is 113 Å². The largest absolute Gasteiger partial charge is 0.478 e. The fraction of sp³-hybridized carbons (Fsp3) is 0.615. The Morgan fingerprint density at radius 1 is 1.00 bits per heavy atom. The van der Waals surface area contributed by atoms with Crippen molar-refractivity contribution < 1.29 is 24.2 Å². The minimum atomic E-state index is -1.05. The van der Waals surface area contributed by atoms with Crippen LogP contribution in [0.1, 0.15) is 112 Å². The van der Waals surface area contributed by atoms with Gasteiger partial charge in [0.15, 0.2) is 5.78 Å². The fourth-order valence-electron chi connectivity index (χ4n) is 10.4. The third-order valence-electron chi connectivity index (χ3n) is 12.7. The van der Waals surface area contributed by atoms with E-state index in [-0.39, 0.29) is 45.8 Å². The average Bonchev–Trinajstić information content (AvgIpc) is 3.23. The van der Waals surface area contributed by atoms with Crippen LogP contribution in [0.4, 0.5) is 0 Å². The van der Waals surface area contributed by atoms with Crippen molar-refractivity contribution in [1.29, 1.82) is 0 Å². The predicted molar refractivity (Wildman–Crippen MR) is 174 cm³/mol. The number of esters is 1. The first kappa shape index (κ1) is 32.4. The van der Waals surface area contributed by atoms with Crippen LogP contribution >= 0.6 is 0 Å². The number of hydrogen-bond donors (Lipinski definition) is 1. The molecule has 0 aromatic heterocycles. The Bertz CT molecular complexity index is 1410. The first-order chi connectivity index (χ1) is 20.6. The molecule has 2 fully saturated rings. The van der Waals surface area contributed by atoms with Crippen LogP contribution in [0, 0.1) is 39.4 Å². The van der Waals surface area contributed by atoms with E-state index in [4.69, 9.17) is 4.74 Å². The van der Waals surface area contributed by atoms with Crippen molar-refractivity contribution in [3.63, 3.8) is 0 Å². The second-order valence-electron chi connectivity index (χ2n) is 15.7. The van der Waals surface area contributed by atoms with Gasteiger partial charge < -0.3 is 9.84 Å².